The van der Waals surface area contributed by atoms with Gasteiger partial charge < -0.3 is 19.7 Å². The third-order valence-electron chi connectivity index (χ3n) is 5.53. The van der Waals surface area contributed by atoms with E-state index < -0.39 is 0 Å². The lowest BCUT2D eigenvalue weighted by Crippen LogP contribution is -2.47. The largest absolute Gasteiger partial charge is 0.376 e. The lowest BCUT2D eigenvalue weighted by atomic mass is 10.1. The molecule has 1 aromatic rings. The Morgan fingerprint density at radius 1 is 1.21 bits per heavy atom. The van der Waals surface area contributed by atoms with E-state index in [1.54, 1.807) is 0 Å². The second kappa shape index (κ2) is 12.6. The summed E-state index contributed by atoms with van der Waals surface area (Å²) in [6, 6.07) is 8.48. The zero-order chi connectivity index (χ0) is 18.9. The number of hydrogen-bond acceptors (Lipinski definition) is 3. The van der Waals surface area contributed by atoms with Gasteiger partial charge in [-0.05, 0) is 57.1 Å². The van der Waals surface area contributed by atoms with Crippen molar-refractivity contribution >= 4 is 29.9 Å². The highest BCUT2D eigenvalue weighted by molar-refractivity contribution is 14.0. The van der Waals surface area contributed by atoms with E-state index in [2.05, 4.69) is 48.3 Å². The van der Waals surface area contributed by atoms with Crippen LogP contribution >= 0.6 is 24.0 Å². The monoisotopic (exact) mass is 501 g/mol. The molecule has 0 bridgehead atoms. The number of hydrogen-bond donors (Lipinski definition) is 1. The van der Waals surface area contributed by atoms with Crippen molar-refractivity contribution < 1.29 is 9.47 Å². The van der Waals surface area contributed by atoms with Crippen molar-refractivity contribution in [3.8, 4) is 0 Å². The third kappa shape index (κ3) is 7.19. The number of aryl methyl sites for hydroxylation is 1. The maximum Gasteiger partial charge on any atom is 0.194 e. The highest BCUT2D eigenvalue weighted by Crippen LogP contribution is 2.18. The Hall–Kier alpha value is -0.860. The van der Waals surface area contributed by atoms with E-state index in [9.17, 15) is 0 Å². The first kappa shape index (κ1) is 23.4. The number of rotatable bonds is 6. The highest BCUT2D eigenvalue weighted by atomic mass is 127. The first-order valence-corrected chi connectivity index (χ1v) is 10.6. The molecule has 6 heteroatoms. The molecule has 0 radical (unpaired) electrons. The normalized spacial score (nSPS) is 21.3. The minimum Gasteiger partial charge on any atom is -0.376 e. The molecule has 28 heavy (non-hydrogen) atoms. The molecule has 5 nitrogen and oxygen atoms in total. The van der Waals surface area contributed by atoms with Crippen molar-refractivity contribution in [2.45, 2.75) is 64.7 Å². The summed E-state index contributed by atoms with van der Waals surface area (Å²) in [6.45, 7) is 9.54. The number of likely N-dealkylation sites (tertiary alicyclic amines) is 1. The predicted molar refractivity (Wildman–Crippen MR) is 126 cm³/mol. The molecule has 1 N–H and O–H groups in total. The standard InChI is InChI=1S/C22H35N3O2.HI/c1-3-23-22(24-16-19-9-5-4-8-18(19)2)25-13-11-20(12-14-25)27-17-21-10-6-7-15-26-21;/h4-5,8-9,20-21H,3,6-7,10-17H2,1-2H3,(H,23,24);1H. The van der Waals surface area contributed by atoms with Crippen LogP contribution in [0.15, 0.2) is 29.3 Å². The van der Waals surface area contributed by atoms with E-state index in [4.69, 9.17) is 14.5 Å². The van der Waals surface area contributed by atoms with Gasteiger partial charge in [-0.25, -0.2) is 4.99 Å². The number of nitrogens with one attached hydrogen (secondary N) is 1. The first-order chi connectivity index (χ1) is 13.3. The Morgan fingerprint density at radius 3 is 2.68 bits per heavy atom. The topological polar surface area (TPSA) is 46.1 Å². The first-order valence-electron chi connectivity index (χ1n) is 10.6. The lowest BCUT2D eigenvalue weighted by Gasteiger charge is -2.35. The molecule has 1 aromatic carbocycles. The smallest absolute Gasteiger partial charge is 0.194 e. The van der Waals surface area contributed by atoms with Gasteiger partial charge in [-0.1, -0.05) is 24.3 Å². The van der Waals surface area contributed by atoms with Gasteiger partial charge in [-0.15, -0.1) is 24.0 Å². The number of ether oxygens (including phenoxy) is 2. The van der Waals surface area contributed by atoms with Crippen LogP contribution in [0.1, 0.15) is 50.2 Å². The van der Waals surface area contributed by atoms with E-state index in [0.717, 1.165) is 64.6 Å². The summed E-state index contributed by atoms with van der Waals surface area (Å²) in [5, 5.41) is 3.46. The summed E-state index contributed by atoms with van der Waals surface area (Å²) in [7, 11) is 0. The molecule has 0 aliphatic carbocycles. The molecular formula is C22H36IN3O2. The number of aliphatic imine (C=N–C) groups is 1. The lowest BCUT2D eigenvalue weighted by molar-refractivity contribution is -0.0721. The Bertz CT molecular complexity index is 597. The molecule has 2 aliphatic heterocycles. The molecule has 158 valence electrons. The van der Waals surface area contributed by atoms with E-state index in [0.29, 0.717) is 12.2 Å². The highest BCUT2D eigenvalue weighted by Gasteiger charge is 2.23. The van der Waals surface area contributed by atoms with Gasteiger partial charge in [0.25, 0.3) is 0 Å². The Morgan fingerprint density at radius 2 is 2.00 bits per heavy atom. The van der Waals surface area contributed by atoms with Gasteiger partial charge in [-0.2, -0.15) is 0 Å². The molecule has 0 spiro atoms. The average Bonchev–Trinajstić information content (AvgIpc) is 2.72. The predicted octanol–water partition coefficient (Wildman–Crippen LogP) is 4.13. The van der Waals surface area contributed by atoms with Crippen LogP contribution in [0.25, 0.3) is 0 Å². The number of nitrogens with zero attached hydrogens (tertiary/aromatic N) is 2. The minimum absolute atomic E-state index is 0. The molecule has 2 aliphatic rings. The number of benzene rings is 1. The van der Waals surface area contributed by atoms with Crippen molar-refractivity contribution in [2.75, 3.05) is 32.8 Å². The molecule has 0 aromatic heterocycles. The molecule has 2 heterocycles. The van der Waals surface area contributed by atoms with Gasteiger partial charge in [-0.3, -0.25) is 0 Å². The van der Waals surface area contributed by atoms with Gasteiger partial charge in [0.2, 0.25) is 0 Å². The maximum absolute atomic E-state index is 6.14. The fourth-order valence-corrected chi connectivity index (χ4v) is 3.79. The van der Waals surface area contributed by atoms with Gasteiger partial charge in [0.1, 0.15) is 0 Å². The van der Waals surface area contributed by atoms with Gasteiger partial charge in [0.15, 0.2) is 5.96 Å². The van der Waals surface area contributed by atoms with Gasteiger partial charge in [0.05, 0.1) is 25.4 Å². The zero-order valence-corrected chi connectivity index (χ0v) is 19.7. The second-order valence-corrected chi connectivity index (χ2v) is 7.60. The molecule has 1 atom stereocenters. The number of halogens is 1. The molecule has 0 saturated carbocycles. The SMILES string of the molecule is CCNC(=NCc1ccccc1C)N1CCC(OCC2CCCCO2)CC1.I. The van der Waals surface area contributed by atoms with E-state index in [-0.39, 0.29) is 24.0 Å². The molecule has 1 unspecified atom stereocenters. The van der Waals surface area contributed by atoms with Crippen LogP contribution in [0.5, 0.6) is 0 Å². The van der Waals surface area contributed by atoms with Crippen LogP contribution in [-0.2, 0) is 16.0 Å². The van der Waals surface area contributed by atoms with Crippen molar-refractivity contribution in [3.05, 3.63) is 35.4 Å². The Kier molecular flexibility index (Phi) is 10.6. The molecule has 3 rings (SSSR count). The van der Waals surface area contributed by atoms with Crippen LogP contribution in [0.3, 0.4) is 0 Å². The Labute approximate surface area is 187 Å². The minimum atomic E-state index is 0. The fraction of sp³-hybridized carbons (Fsp3) is 0.682. The summed E-state index contributed by atoms with van der Waals surface area (Å²) in [5.74, 6) is 1.02. The summed E-state index contributed by atoms with van der Waals surface area (Å²) in [4.78, 5) is 7.26. The summed E-state index contributed by atoms with van der Waals surface area (Å²) in [6.07, 6.45) is 6.40. The molecular weight excluding hydrogens is 465 g/mol. The second-order valence-electron chi connectivity index (χ2n) is 7.60. The van der Waals surface area contributed by atoms with Crippen LogP contribution in [0, 0.1) is 6.92 Å². The maximum atomic E-state index is 6.14. The Balaban J connectivity index is 0.00000280. The summed E-state index contributed by atoms with van der Waals surface area (Å²) in [5.41, 5.74) is 2.59. The molecule has 2 saturated heterocycles. The number of guanidine groups is 1. The van der Waals surface area contributed by atoms with Crippen molar-refractivity contribution in [3.63, 3.8) is 0 Å². The molecule has 2 fully saturated rings. The van der Waals surface area contributed by atoms with Gasteiger partial charge >= 0.3 is 0 Å². The molecule has 0 amide bonds. The van der Waals surface area contributed by atoms with Crippen LogP contribution < -0.4 is 5.32 Å². The summed E-state index contributed by atoms with van der Waals surface area (Å²) < 4.78 is 11.9. The third-order valence-corrected chi connectivity index (χ3v) is 5.53. The van der Waals surface area contributed by atoms with Crippen molar-refractivity contribution in [2.24, 2.45) is 4.99 Å². The number of piperidine rings is 1. The van der Waals surface area contributed by atoms with Gasteiger partial charge in [0, 0.05) is 26.2 Å². The van der Waals surface area contributed by atoms with Crippen LogP contribution in [0.4, 0.5) is 0 Å². The van der Waals surface area contributed by atoms with E-state index in [1.165, 1.54) is 24.0 Å². The van der Waals surface area contributed by atoms with Crippen LogP contribution in [-0.4, -0.2) is 55.9 Å². The quantitative estimate of drug-likeness (QED) is 0.362. The van der Waals surface area contributed by atoms with Crippen molar-refractivity contribution in [1.29, 1.82) is 0 Å². The fourth-order valence-electron chi connectivity index (χ4n) is 3.79. The average molecular weight is 501 g/mol. The van der Waals surface area contributed by atoms with Crippen molar-refractivity contribution in [1.82, 2.24) is 10.2 Å². The van der Waals surface area contributed by atoms with E-state index >= 15 is 0 Å². The summed E-state index contributed by atoms with van der Waals surface area (Å²) >= 11 is 0. The van der Waals surface area contributed by atoms with E-state index in [1.807, 2.05) is 0 Å². The van der Waals surface area contributed by atoms with Crippen LogP contribution in [0.2, 0.25) is 0 Å². The zero-order valence-electron chi connectivity index (χ0n) is 17.4.